The topological polar surface area (TPSA) is 168 Å². The first-order valence-electron chi connectivity index (χ1n) is 10.3. The van der Waals surface area contributed by atoms with Crippen LogP contribution >= 0.6 is 0 Å². The van der Waals surface area contributed by atoms with Gasteiger partial charge in [0.2, 0.25) is 12.0 Å². The molecule has 2 aromatic carbocycles. The Morgan fingerprint density at radius 2 is 1.68 bits per heavy atom. The minimum absolute atomic E-state index is 0.0183. The SMILES string of the molecule is COc1cc2oc(-c3ccc(O[C@@H]4O[C@H](CO)[C@@H](O)[C@@H](O)[C@H]4O)cc3)cc(=O)c2c(O)c1OC. The van der Waals surface area contributed by atoms with E-state index in [4.69, 9.17) is 23.4 Å². The molecule has 11 nitrogen and oxygen atoms in total. The van der Waals surface area contributed by atoms with E-state index in [0.717, 1.165) is 0 Å². The van der Waals surface area contributed by atoms with E-state index in [0.29, 0.717) is 5.56 Å². The molecule has 0 aliphatic carbocycles. The predicted octanol–water partition coefficient (Wildman–Crippen LogP) is 0.361. The molecule has 5 atom stereocenters. The van der Waals surface area contributed by atoms with Gasteiger partial charge in [-0.3, -0.25) is 4.79 Å². The highest BCUT2D eigenvalue weighted by Crippen LogP contribution is 2.42. The smallest absolute Gasteiger partial charge is 0.229 e. The van der Waals surface area contributed by atoms with E-state index in [1.807, 2.05) is 0 Å². The van der Waals surface area contributed by atoms with Crippen LogP contribution in [0, 0.1) is 0 Å². The van der Waals surface area contributed by atoms with Gasteiger partial charge in [0.15, 0.2) is 16.9 Å². The zero-order chi connectivity index (χ0) is 24.6. The fourth-order valence-electron chi connectivity index (χ4n) is 3.75. The second-order valence-electron chi connectivity index (χ2n) is 7.65. The summed E-state index contributed by atoms with van der Waals surface area (Å²) in [5.41, 5.74) is 0.116. The Labute approximate surface area is 192 Å². The maximum absolute atomic E-state index is 12.7. The quantitative estimate of drug-likeness (QED) is 0.333. The Hall–Kier alpha value is -3.35. The van der Waals surface area contributed by atoms with Gasteiger partial charge in [0, 0.05) is 17.7 Å². The Balaban J connectivity index is 1.62. The molecule has 0 spiro atoms. The Morgan fingerprint density at radius 3 is 2.29 bits per heavy atom. The van der Waals surface area contributed by atoms with E-state index >= 15 is 0 Å². The van der Waals surface area contributed by atoms with Crippen molar-refractivity contribution in [2.45, 2.75) is 30.7 Å². The summed E-state index contributed by atoms with van der Waals surface area (Å²) in [6.45, 7) is -0.572. The lowest BCUT2D eigenvalue weighted by molar-refractivity contribution is -0.277. The molecule has 0 radical (unpaired) electrons. The molecule has 1 aliphatic heterocycles. The standard InChI is InChI=1S/C23H24O11/c1-30-15-8-14-17(19(27)22(15)31-2)12(25)7-13(33-14)10-3-5-11(6-4-10)32-23-21(29)20(28)18(26)16(9-24)34-23/h3-8,16,18,20-21,23-24,26-29H,9H2,1-2H3/t16-,18-,20-,21-,23-/m1/s1. The van der Waals surface area contributed by atoms with Crippen LogP contribution in [-0.2, 0) is 4.74 Å². The van der Waals surface area contributed by atoms with Crippen molar-refractivity contribution in [3.05, 3.63) is 46.6 Å². The normalized spacial score (nSPS) is 24.7. The molecular weight excluding hydrogens is 452 g/mol. The van der Waals surface area contributed by atoms with Gasteiger partial charge < -0.3 is 48.9 Å². The van der Waals surface area contributed by atoms with Gasteiger partial charge in [0.25, 0.3) is 0 Å². The van der Waals surface area contributed by atoms with E-state index in [1.54, 1.807) is 12.1 Å². The Morgan fingerprint density at radius 1 is 0.971 bits per heavy atom. The summed E-state index contributed by atoms with van der Waals surface area (Å²) in [5.74, 6) is 0.282. The van der Waals surface area contributed by atoms with Gasteiger partial charge in [0.05, 0.1) is 20.8 Å². The number of benzene rings is 2. The predicted molar refractivity (Wildman–Crippen MR) is 117 cm³/mol. The zero-order valence-electron chi connectivity index (χ0n) is 18.2. The van der Waals surface area contributed by atoms with Crippen LogP contribution < -0.4 is 19.6 Å². The molecule has 1 fully saturated rings. The molecule has 1 aliphatic rings. The van der Waals surface area contributed by atoms with Crippen LogP contribution in [-0.4, -0.2) is 77.1 Å². The van der Waals surface area contributed by atoms with Gasteiger partial charge >= 0.3 is 0 Å². The fraction of sp³-hybridized carbons (Fsp3) is 0.348. The third-order valence-corrected chi connectivity index (χ3v) is 5.58. The molecular formula is C23H24O11. The average Bonchev–Trinajstić information content (AvgIpc) is 2.84. The third kappa shape index (κ3) is 4.15. The molecule has 0 saturated carbocycles. The fourth-order valence-corrected chi connectivity index (χ4v) is 3.75. The van der Waals surface area contributed by atoms with Crippen molar-refractivity contribution >= 4 is 11.0 Å². The molecule has 34 heavy (non-hydrogen) atoms. The molecule has 0 unspecified atom stereocenters. The van der Waals surface area contributed by atoms with E-state index < -0.39 is 42.7 Å². The summed E-state index contributed by atoms with van der Waals surface area (Å²) < 4.78 is 27.0. The molecule has 3 aromatic rings. The third-order valence-electron chi connectivity index (χ3n) is 5.58. The maximum atomic E-state index is 12.7. The molecule has 5 N–H and O–H groups in total. The number of aliphatic hydroxyl groups is 4. The largest absolute Gasteiger partial charge is 0.504 e. The van der Waals surface area contributed by atoms with E-state index in [-0.39, 0.29) is 39.7 Å². The molecule has 0 amide bonds. The first-order valence-corrected chi connectivity index (χ1v) is 10.3. The van der Waals surface area contributed by atoms with Crippen LogP contribution in [0.5, 0.6) is 23.0 Å². The lowest BCUT2D eigenvalue weighted by atomic mass is 9.99. The number of fused-ring (bicyclic) bond motifs is 1. The highest BCUT2D eigenvalue weighted by molar-refractivity contribution is 5.89. The first kappa shape index (κ1) is 23.8. The van der Waals surface area contributed by atoms with Crippen molar-refractivity contribution in [2.24, 2.45) is 0 Å². The lowest BCUT2D eigenvalue weighted by Crippen LogP contribution is -2.60. The molecule has 0 bridgehead atoms. The van der Waals surface area contributed by atoms with Gasteiger partial charge in [0.1, 0.15) is 46.9 Å². The van der Waals surface area contributed by atoms with Crippen LogP contribution in [0.3, 0.4) is 0 Å². The van der Waals surface area contributed by atoms with E-state index in [1.165, 1.54) is 38.5 Å². The highest BCUT2D eigenvalue weighted by Gasteiger charge is 2.44. The molecule has 1 saturated heterocycles. The van der Waals surface area contributed by atoms with Gasteiger partial charge in [-0.05, 0) is 24.3 Å². The van der Waals surface area contributed by atoms with Gasteiger partial charge in [-0.15, -0.1) is 0 Å². The van der Waals surface area contributed by atoms with Gasteiger partial charge in [-0.1, -0.05) is 0 Å². The number of methoxy groups -OCH3 is 2. The average molecular weight is 476 g/mol. The Kier molecular flexibility index (Phi) is 6.64. The zero-order valence-corrected chi connectivity index (χ0v) is 18.2. The van der Waals surface area contributed by atoms with Crippen molar-refractivity contribution < 1.29 is 48.9 Å². The summed E-state index contributed by atoms with van der Waals surface area (Å²) in [4.78, 5) is 12.7. The summed E-state index contributed by atoms with van der Waals surface area (Å²) >= 11 is 0. The van der Waals surface area contributed by atoms with Crippen molar-refractivity contribution in [3.8, 4) is 34.3 Å². The number of aliphatic hydroxyl groups excluding tert-OH is 4. The van der Waals surface area contributed by atoms with Gasteiger partial charge in [-0.2, -0.15) is 0 Å². The maximum Gasteiger partial charge on any atom is 0.229 e. The number of aromatic hydroxyl groups is 1. The molecule has 1 aromatic heterocycles. The summed E-state index contributed by atoms with van der Waals surface area (Å²) in [5, 5.41) is 49.5. The van der Waals surface area contributed by atoms with Crippen LogP contribution in [0.2, 0.25) is 0 Å². The van der Waals surface area contributed by atoms with E-state index in [9.17, 15) is 30.3 Å². The van der Waals surface area contributed by atoms with Crippen molar-refractivity contribution in [3.63, 3.8) is 0 Å². The lowest BCUT2D eigenvalue weighted by Gasteiger charge is -2.39. The molecule has 2 heterocycles. The van der Waals surface area contributed by atoms with Crippen LogP contribution in [0.25, 0.3) is 22.3 Å². The number of phenolic OH excluding ortho intramolecular Hbond substituents is 1. The van der Waals surface area contributed by atoms with E-state index in [2.05, 4.69) is 0 Å². The second-order valence-corrected chi connectivity index (χ2v) is 7.65. The van der Waals surface area contributed by atoms with Crippen molar-refractivity contribution in [1.82, 2.24) is 0 Å². The minimum Gasteiger partial charge on any atom is -0.504 e. The summed E-state index contributed by atoms with van der Waals surface area (Å²) in [6, 6.07) is 8.88. The number of phenols is 1. The first-order chi connectivity index (χ1) is 16.3. The van der Waals surface area contributed by atoms with Crippen LogP contribution in [0.4, 0.5) is 0 Å². The van der Waals surface area contributed by atoms with Gasteiger partial charge in [-0.25, -0.2) is 0 Å². The monoisotopic (exact) mass is 476 g/mol. The van der Waals surface area contributed by atoms with Crippen LogP contribution in [0.15, 0.2) is 45.6 Å². The number of ether oxygens (including phenoxy) is 4. The number of rotatable bonds is 6. The van der Waals surface area contributed by atoms with Crippen LogP contribution in [0.1, 0.15) is 0 Å². The highest BCUT2D eigenvalue weighted by atomic mass is 16.7. The number of hydrogen-bond acceptors (Lipinski definition) is 11. The molecule has 182 valence electrons. The van der Waals surface area contributed by atoms with Crippen molar-refractivity contribution in [1.29, 1.82) is 0 Å². The second kappa shape index (κ2) is 9.49. The minimum atomic E-state index is -1.56. The summed E-state index contributed by atoms with van der Waals surface area (Å²) in [6.07, 6.45) is -7.02. The van der Waals surface area contributed by atoms with Crippen molar-refractivity contribution in [2.75, 3.05) is 20.8 Å². The number of hydrogen-bond donors (Lipinski definition) is 5. The molecule has 4 rings (SSSR count). The molecule has 11 heteroatoms. The Bertz CT molecular complexity index is 1220. The summed E-state index contributed by atoms with van der Waals surface area (Å²) in [7, 11) is 2.73.